The highest BCUT2D eigenvalue weighted by Crippen LogP contribution is 2.17. The van der Waals surface area contributed by atoms with Gasteiger partial charge in [0.25, 0.3) is 0 Å². The molecule has 0 unspecified atom stereocenters. The number of aryl methyl sites for hydroxylation is 1. The lowest BCUT2D eigenvalue weighted by Crippen LogP contribution is -2.20. The van der Waals surface area contributed by atoms with Crippen molar-refractivity contribution in [3.8, 4) is 0 Å². The van der Waals surface area contributed by atoms with Gasteiger partial charge in [-0.2, -0.15) is 0 Å². The number of carbonyl (C=O) groups excluding carboxylic acids is 1. The van der Waals surface area contributed by atoms with Crippen molar-refractivity contribution >= 4 is 5.91 Å². The molecule has 1 rings (SSSR count). The molecule has 0 fully saturated rings. The maximum atomic E-state index is 10.6. The molecule has 4 heteroatoms. The molecule has 0 aliphatic carbocycles. The largest absolute Gasteiger partial charge is 0.464 e. The summed E-state index contributed by atoms with van der Waals surface area (Å²) in [6, 6.07) is 3.22. The highest BCUT2D eigenvalue weighted by atomic mass is 16.3. The van der Waals surface area contributed by atoms with Gasteiger partial charge in [-0.25, -0.2) is 0 Å². The number of hydrogen-bond donors (Lipinski definition) is 2. The summed E-state index contributed by atoms with van der Waals surface area (Å²) in [6.07, 6.45) is 0.944. The SMILES string of the molecule is CCc1ccc([C@@H](N)CC(N)=O)o1. The van der Waals surface area contributed by atoms with Crippen molar-refractivity contribution in [2.45, 2.75) is 25.8 Å². The van der Waals surface area contributed by atoms with Crippen LogP contribution in [0, 0.1) is 0 Å². The number of carbonyl (C=O) groups is 1. The zero-order chi connectivity index (χ0) is 9.84. The van der Waals surface area contributed by atoms with E-state index in [1.54, 1.807) is 6.07 Å². The van der Waals surface area contributed by atoms with Gasteiger partial charge in [-0.3, -0.25) is 4.79 Å². The minimum atomic E-state index is -0.419. The number of primary amides is 1. The van der Waals surface area contributed by atoms with Gasteiger partial charge in [-0.15, -0.1) is 0 Å². The Morgan fingerprint density at radius 2 is 2.31 bits per heavy atom. The van der Waals surface area contributed by atoms with Crippen LogP contribution in [0.1, 0.15) is 30.9 Å². The van der Waals surface area contributed by atoms with Crippen LogP contribution in [-0.2, 0) is 11.2 Å². The van der Waals surface area contributed by atoms with E-state index in [2.05, 4.69) is 0 Å². The molecule has 0 aromatic carbocycles. The maximum absolute atomic E-state index is 10.6. The minimum absolute atomic E-state index is 0.122. The summed E-state index contributed by atoms with van der Waals surface area (Å²) in [5.74, 6) is 1.08. The first-order chi connectivity index (χ1) is 6.13. The van der Waals surface area contributed by atoms with Crippen LogP contribution in [0.5, 0.6) is 0 Å². The topological polar surface area (TPSA) is 82.2 Å². The van der Waals surface area contributed by atoms with Gasteiger partial charge in [-0.05, 0) is 12.1 Å². The van der Waals surface area contributed by atoms with Gasteiger partial charge in [0.05, 0.1) is 6.04 Å². The molecule has 0 aliphatic rings. The lowest BCUT2D eigenvalue weighted by molar-refractivity contribution is -0.118. The van der Waals surface area contributed by atoms with Crippen molar-refractivity contribution in [2.75, 3.05) is 0 Å². The Labute approximate surface area is 76.9 Å². The number of hydrogen-bond acceptors (Lipinski definition) is 3. The summed E-state index contributed by atoms with van der Waals surface area (Å²) in [4.78, 5) is 10.6. The average Bonchev–Trinajstić information content (AvgIpc) is 2.50. The number of amides is 1. The van der Waals surface area contributed by atoms with E-state index in [4.69, 9.17) is 15.9 Å². The zero-order valence-corrected chi connectivity index (χ0v) is 7.62. The highest BCUT2D eigenvalue weighted by molar-refractivity contribution is 5.74. The fourth-order valence-electron chi connectivity index (χ4n) is 1.10. The number of nitrogens with two attached hydrogens (primary N) is 2. The second-order valence-electron chi connectivity index (χ2n) is 2.93. The molecule has 1 amide bonds. The van der Waals surface area contributed by atoms with Gasteiger partial charge in [0.15, 0.2) is 0 Å². The molecular formula is C9H14N2O2. The molecule has 0 saturated heterocycles. The molecule has 1 heterocycles. The molecular weight excluding hydrogens is 168 g/mol. The minimum Gasteiger partial charge on any atom is -0.464 e. The molecule has 0 aliphatic heterocycles. The highest BCUT2D eigenvalue weighted by Gasteiger charge is 2.12. The molecule has 72 valence electrons. The molecule has 0 spiro atoms. The number of furan rings is 1. The van der Waals surface area contributed by atoms with E-state index in [1.165, 1.54) is 0 Å². The molecule has 4 N–H and O–H groups in total. The van der Waals surface area contributed by atoms with Crippen LogP contribution in [-0.4, -0.2) is 5.91 Å². The molecule has 1 atom stereocenters. The van der Waals surface area contributed by atoms with Gasteiger partial charge in [0.1, 0.15) is 11.5 Å². The molecule has 0 radical (unpaired) electrons. The smallest absolute Gasteiger partial charge is 0.219 e. The second-order valence-corrected chi connectivity index (χ2v) is 2.93. The Kier molecular flexibility index (Phi) is 3.08. The second kappa shape index (κ2) is 4.09. The Hall–Kier alpha value is -1.29. The Morgan fingerprint density at radius 3 is 2.77 bits per heavy atom. The van der Waals surface area contributed by atoms with E-state index >= 15 is 0 Å². The van der Waals surface area contributed by atoms with Gasteiger partial charge in [0.2, 0.25) is 5.91 Å². The molecule has 0 saturated carbocycles. The summed E-state index contributed by atoms with van der Waals surface area (Å²) in [5.41, 5.74) is 10.7. The third-order valence-electron chi connectivity index (χ3n) is 1.82. The van der Waals surface area contributed by atoms with Gasteiger partial charge >= 0.3 is 0 Å². The van der Waals surface area contributed by atoms with Crippen LogP contribution in [0.2, 0.25) is 0 Å². The molecule has 0 bridgehead atoms. The third kappa shape index (κ3) is 2.59. The standard InChI is InChI=1S/C9H14N2O2/c1-2-6-3-4-8(13-6)7(10)5-9(11)12/h3-4,7H,2,5,10H2,1H3,(H2,11,12)/t7-/m0/s1. The zero-order valence-electron chi connectivity index (χ0n) is 7.62. The third-order valence-corrected chi connectivity index (χ3v) is 1.82. The Bertz CT molecular complexity index is 294. The van der Waals surface area contributed by atoms with E-state index in [1.807, 2.05) is 13.0 Å². The first-order valence-electron chi connectivity index (χ1n) is 4.26. The van der Waals surface area contributed by atoms with E-state index in [-0.39, 0.29) is 6.42 Å². The fraction of sp³-hybridized carbons (Fsp3) is 0.444. The maximum Gasteiger partial charge on any atom is 0.219 e. The lowest BCUT2D eigenvalue weighted by atomic mass is 10.1. The summed E-state index contributed by atoms with van der Waals surface area (Å²) in [6.45, 7) is 1.99. The van der Waals surface area contributed by atoms with E-state index < -0.39 is 11.9 Å². The van der Waals surface area contributed by atoms with Gasteiger partial charge in [0, 0.05) is 12.8 Å². The van der Waals surface area contributed by atoms with Crippen LogP contribution in [0.4, 0.5) is 0 Å². The Balaban J connectivity index is 2.65. The summed E-state index contributed by atoms with van der Waals surface area (Å²) in [5, 5.41) is 0. The van der Waals surface area contributed by atoms with Crippen LogP contribution in [0.25, 0.3) is 0 Å². The predicted molar refractivity (Wildman–Crippen MR) is 48.8 cm³/mol. The average molecular weight is 182 g/mol. The molecule has 1 aromatic rings. The molecule has 13 heavy (non-hydrogen) atoms. The van der Waals surface area contributed by atoms with E-state index in [0.29, 0.717) is 5.76 Å². The van der Waals surface area contributed by atoms with E-state index in [0.717, 1.165) is 12.2 Å². The van der Waals surface area contributed by atoms with Crippen molar-refractivity contribution in [2.24, 2.45) is 11.5 Å². The first-order valence-corrected chi connectivity index (χ1v) is 4.26. The summed E-state index contributed by atoms with van der Waals surface area (Å²) >= 11 is 0. The van der Waals surface area contributed by atoms with Crippen molar-refractivity contribution in [3.63, 3.8) is 0 Å². The normalized spacial score (nSPS) is 12.8. The summed E-state index contributed by atoms with van der Waals surface area (Å²) < 4.78 is 5.36. The quantitative estimate of drug-likeness (QED) is 0.719. The van der Waals surface area contributed by atoms with Crippen molar-refractivity contribution in [1.29, 1.82) is 0 Å². The monoisotopic (exact) mass is 182 g/mol. The van der Waals surface area contributed by atoms with Crippen molar-refractivity contribution in [3.05, 3.63) is 23.7 Å². The molecule has 4 nitrogen and oxygen atoms in total. The van der Waals surface area contributed by atoms with E-state index in [9.17, 15) is 4.79 Å². The van der Waals surface area contributed by atoms with Crippen LogP contribution in [0.3, 0.4) is 0 Å². The van der Waals surface area contributed by atoms with Crippen LogP contribution < -0.4 is 11.5 Å². The lowest BCUT2D eigenvalue weighted by Gasteiger charge is -2.04. The fourth-order valence-corrected chi connectivity index (χ4v) is 1.10. The number of rotatable bonds is 4. The van der Waals surface area contributed by atoms with Gasteiger partial charge in [-0.1, -0.05) is 6.92 Å². The Morgan fingerprint density at radius 1 is 1.62 bits per heavy atom. The van der Waals surface area contributed by atoms with Crippen molar-refractivity contribution in [1.82, 2.24) is 0 Å². The molecule has 1 aromatic heterocycles. The van der Waals surface area contributed by atoms with Crippen LogP contribution >= 0.6 is 0 Å². The van der Waals surface area contributed by atoms with Gasteiger partial charge < -0.3 is 15.9 Å². The van der Waals surface area contributed by atoms with Crippen LogP contribution in [0.15, 0.2) is 16.5 Å². The summed E-state index contributed by atoms with van der Waals surface area (Å²) in [7, 11) is 0. The first kappa shape index (κ1) is 9.80. The predicted octanol–water partition coefficient (Wildman–Crippen LogP) is 0.717. The van der Waals surface area contributed by atoms with Crippen molar-refractivity contribution < 1.29 is 9.21 Å².